The van der Waals surface area contributed by atoms with E-state index < -0.39 is 12.0 Å². The van der Waals surface area contributed by atoms with Crippen LogP contribution in [0.25, 0.3) is 0 Å². The second-order valence-corrected chi connectivity index (χ2v) is 3.95. The average Bonchev–Trinajstić information content (AvgIpc) is 2.28. The Balaban J connectivity index is 2.41. The van der Waals surface area contributed by atoms with Crippen LogP contribution >= 0.6 is 0 Å². The van der Waals surface area contributed by atoms with E-state index in [1.54, 1.807) is 0 Å². The summed E-state index contributed by atoms with van der Waals surface area (Å²) in [6, 6.07) is 3.21. The van der Waals surface area contributed by atoms with Crippen LogP contribution in [-0.4, -0.2) is 17.1 Å². The minimum absolute atomic E-state index is 0.349. The molecule has 2 rings (SSSR count). The number of anilines is 1. The lowest BCUT2D eigenvalue weighted by Crippen LogP contribution is -2.42. The number of benzene rings is 1. The number of hydrogen-bond donors (Lipinski definition) is 4. The highest BCUT2D eigenvalue weighted by molar-refractivity contribution is 5.75. The van der Waals surface area contributed by atoms with Gasteiger partial charge in [0, 0.05) is 18.8 Å². The van der Waals surface area contributed by atoms with Gasteiger partial charge in [0.2, 0.25) is 0 Å². The number of carboxylic acids is 1. The molecule has 1 atom stereocenters. The molecular formula is C11H15N3O2. The summed E-state index contributed by atoms with van der Waals surface area (Å²) >= 11 is 0. The SMILES string of the molecule is NCc1c(N)ccc2c1CC(C(=O)O)NC2. The van der Waals surface area contributed by atoms with Crippen molar-refractivity contribution in [3.8, 4) is 0 Å². The van der Waals surface area contributed by atoms with Crippen LogP contribution in [0.2, 0.25) is 0 Å². The number of aliphatic carboxylic acids is 1. The zero-order chi connectivity index (χ0) is 11.7. The number of nitrogen functional groups attached to an aromatic ring is 1. The summed E-state index contributed by atoms with van der Waals surface area (Å²) in [5, 5.41) is 11.9. The summed E-state index contributed by atoms with van der Waals surface area (Å²) in [7, 11) is 0. The van der Waals surface area contributed by atoms with Crippen molar-refractivity contribution in [1.82, 2.24) is 5.32 Å². The lowest BCUT2D eigenvalue weighted by atomic mass is 9.90. The Labute approximate surface area is 93.4 Å². The van der Waals surface area contributed by atoms with Gasteiger partial charge in [0.25, 0.3) is 0 Å². The molecule has 16 heavy (non-hydrogen) atoms. The molecule has 0 amide bonds. The Hall–Kier alpha value is -1.59. The first-order valence-corrected chi connectivity index (χ1v) is 5.19. The first kappa shape index (κ1) is 10.9. The molecule has 5 heteroatoms. The van der Waals surface area contributed by atoms with E-state index in [1.165, 1.54) is 0 Å². The predicted octanol–water partition coefficient (Wildman–Crippen LogP) is -0.174. The van der Waals surface area contributed by atoms with Gasteiger partial charge in [-0.25, -0.2) is 0 Å². The molecule has 1 aliphatic heterocycles. The number of carbonyl (C=O) groups is 1. The topological polar surface area (TPSA) is 101 Å². The van der Waals surface area contributed by atoms with Gasteiger partial charge in [0.1, 0.15) is 6.04 Å². The van der Waals surface area contributed by atoms with Crippen LogP contribution in [0.1, 0.15) is 16.7 Å². The minimum atomic E-state index is -0.837. The fourth-order valence-electron chi connectivity index (χ4n) is 2.10. The monoisotopic (exact) mass is 221 g/mol. The van der Waals surface area contributed by atoms with Gasteiger partial charge in [0.05, 0.1) is 0 Å². The van der Waals surface area contributed by atoms with E-state index >= 15 is 0 Å². The van der Waals surface area contributed by atoms with Crippen molar-refractivity contribution >= 4 is 11.7 Å². The molecule has 1 aromatic rings. The second kappa shape index (κ2) is 4.11. The summed E-state index contributed by atoms with van der Waals surface area (Å²) in [4.78, 5) is 10.9. The molecule has 1 aliphatic rings. The molecule has 1 aromatic carbocycles. The Morgan fingerprint density at radius 1 is 1.56 bits per heavy atom. The van der Waals surface area contributed by atoms with Crippen molar-refractivity contribution in [2.45, 2.75) is 25.6 Å². The van der Waals surface area contributed by atoms with Crippen LogP contribution in [0.4, 0.5) is 5.69 Å². The van der Waals surface area contributed by atoms with Gasteiger partial charge in [-0.05, 0) is 29.2 Å². The maximum Gasteiger partial charge on any atom is 0.321 e. The minimum Gasteiger partial charge on any atom is -0.480 e. The Morgan fingerprint density at radius 3 is 2.94 bits per heavy atom. The molecule has 86 valence electrons. The quantitative estimate of drug-likeness (QED) is 0.519. The normalized spacial score (nSPS) is 19.2. The zero-order valence-electron chi connectivity index (χ0n) is 8.86. The van der Waals surface area contributed by atoms with E-state index in [4.69, 9.17) is 16.6 Å². The second-order valence-electron chi connectivity index (χ2n) is 3.95. The third kappa shape index (κ3) is 1.75. The van der Waals surface area contributed by atoms with E-state index in [1.807, 2.05) is 12.1 Å². The van der Waals surface area contributed by atoms with Crippen LogP contribution in [0.5, 0.6) is 0 Å². The van der Waals surface area contributed by atoms with Gasteiger partial charge in [-0.1, -0.05) is 6.07 Å². The first-order valence-electron chi connectivity index (χ1n) is 5.19. The lowest BCUT2D eigenvalue weighted by Gasteiger charge is -2.25. The predicted molar refractivity (Wildman–Crippen MR) is 60.7 cm³/mol. The molecule has 0 bridgehead atoms. The Bertz CT molecular complexity index is 431. The standard InChI is InChI=1S/C11H15N3O2/c12-4-8-7-3-10(11(15)16)14-5-6(7)1-2-9(8)13/h1-2,10,14H,3-5,12-13H2,(H,15,16). The average molecular weight is 221 g/mol. The molecule has 0 aromatic heterocycles. The molecule has 6 N–H and O–H groups in total. The maximum atomic E-state index is 10.9. The van der Waals surface area contributed by atoms with Crippen LogP contribution in [0.3, 0.4) is 0 Å². The van der Waals surface area contributed by atoms with Gasteiger partial charge in [-0.3, -0.25) is 4.79 Å². The molecule has 0 spiro atoms. The molecule has 0 saturated carbocycles. The third-order valence-corrected chi connectivity index (χ3v) is 3.01. The molecule has 0 aliphatic carbocycles. The van der Waals surface area contributed by atoms with Crippen LogP contribution in [-0.2, 0) is 24.3 Å². The number of carboxylic acid groups (broad SMARTS) is 1. The number of hydrogen-bond acceptors (Lipinski definition) is 4. The van der Waals surface area contributed by atoms with Gasteiger partial charge in [-0.2, -0.15) is 0 Å². The van der Waals surface area contributed by atoms with Crippen molar-refractivity contribution in [2.24, 2.45) is 5.73 Å². The van der Waals surface area contributed by atoms with Crippen molar-refractivity contribution in [2.75, 3.05) is 5.73 Å². The summed E-state index contributed by atoms with van der Waals surface area (Å²) in [6.07, 6.45) is 0.447. The molecular weight excluding hydrogens is 206 g/mol. The van der Waals surface area contributed by atoms with E-state index in [0.29, 0.717) is 25.2 Å². The Morgan fingerprint density at radius 2 is 2.31 bits per heavy atom. The zero-order valence-corrected chi connectivity index (χ0v) is 8.86. The van der Waals surface area contributed by atoms with Gasteiger partial charge < -0.3 is 21.9 Å². The van der Waals surface area contributed by atoms with Crippen LogP contribution in [0.15, 0.2) is 12.1 Å². The van der Waals surface area contributed by atoms with Gasteiger partial charge >= 0.3 is 5.97 Å². The number of rotatable bonds is 2. The molecule has 1 unspecified atom stereocenters. The van der Waals surface area contributed by atoms with Crippen molar-refractivity contribution in [3.63, 3.8) is 0 Å². The maximum absolute atomic E-state index is 10.9. The summed E-state index contributed by atoms with van der Waals surface area (Å²) < 4.78 is 0. The highest BCUT2D eigenvalue weighted by atomic mass is 16.4. The van der Waals surface area contributed by atoms with Crippen LogP contribution in [0, 0.1) is 0 Å². The summed E-state index contributed by atoms with van der Waals surface area (Å²) in [6.45, 7) is 0.904. The van der Waals surface area contributed by atoms with E-state index in [-0.39, 0.29) is 0 Å². The van der Waals surface area contributed by atoms with E-state index in [9.17, 15) is 4.79 Å². The lowest BCUT2D eigenvalue weighted by molar-refractivity contribution is -0.139. The van der Waals surface area contributed by atoms with E-state index in [2.05, 4.69) is 5.32 Å². The number of nitrogens with two attached hydrogens (primary N) is 2. The summed E-state index contributed by atoms with van der Waals surface area (Å²) in [5.41, 5.74) is 15.1. The fraction of sp³-hybridized carbons (Fsp3) is 0.364. The first-order chi connectivity index (χ1) is 7.63. The van der Waals surface area contributed by atoms with Crippen molar-refractivity contribution < 1.29 is 9.90 Å². The van der Waals surface area contributed by atoms with Crippen LogP contribution < -0.4 is 16.8 Å². The third-order valence-electron chi connectivity index (χ3n) is 3.01. The van der Waals surface area contributed by atoms with Gasteiger partial charge in [0.15, 0.2) is 0 Å². The molecule has 0 fully saturated rings. The van der Waals surface area contributed by atoms with Gasteiger partial charge in [-0.15, -0.1) is 0 Å². The summed E-state index contributed by atoms with van der Waals surface area (Å²) in [5.74, 6) is -0.837. The fourth-order valence-corrected chi connectivity index (χ4v) is 2.10. The van der Waals surface area contributed by atoms with E-state index in [0.717, 1.165) is 16.7 Å². The smallest absolute Gasteiger partial charge is 0.321 e. The molecule has 0 saturated heterocycles. The van der Waals surface area contributed by atoms with Crippen molar-refractivity contribution in [1.29, 1.82) is 0 Å². The number of fused-ring (bicyclic) bond motifs is 1. The Kier molecular flexibility index (Phi) is 2.80. The molecule has 5 nitrogen and oxygen atoms in total. The van der Waals surface area contributed by atoms with Crippen molar-refractivity contribution in [3.05, 3.63) is 28.8 Å². The molecule has 0 radical (unpaired) electrons. The highest BCUT2D eigenvalue weighted by Crippen LogP contribution is 2.25. The highest BCUT2D eigenvalue weighted by Gasteiger charge is 2.25. The molecule has 1 heterocycles. The number of nitrogens with one attached hydrogen (secondary N) is 1. The largest absolute Gasteiger partial charge is 0.480 e.